The van der Waals surface area contributed by atoms with Crippen LogP contribution < -0.4 is 10.1 Å². The summed E-state index contributed by atoms with van der Waals surface area (Å²) in [5, 5.41) is 3.90. The fraction of sp³-hybridized carbons (Fsp3) is 0.318. The van der Waals surface area contributed by atoms with E-state index in [1.165, 1.54) is 11.6 Å². The molecule has 0 saturated carbocycles. The van der Waals surface area contributed by atoms with Gasteiger partial charge in [0.2, 0.25) is 5.91 Å². The molecular formula is C22H22Cl2N2O2. The number of fused-ring (bicyclic) bond motifs is 2. The molecule has 1 fully saturated rings. The minimum absolute atomic E-state index is 0.0679. The summed E-state index contributed by atoms with van der Waals surface area (Å²) in [4.78, 5) is 14.7. The molecule has 6 heteroatoms. The maximum atomic E-state index is 12.4. The van der Waals surface area contributed by atoms with Crippen molar-refractivity contribution in [3.05, 3.63) is 63.6 Å². The van der Waals surface area contributed by atoms with Crippen LogP contribution in [-0.2, 0) is 10.2 Å². The largest absolute Gasteiger partial charge is 0.492 e. The van der Waals surface area contributed by atoms with Gasteiger partial charge in [-0.3, -0.25) is 4.79 Å². The van der Waals surface area contributed by atoms with E-state index >= 15 is 0 Å². The van der Waals surface area contributed by atoms with Gasteiger partial charge in [-0.25, -0.2) is 0 Å². The number of halogens is 2. The number of rotatable bonds is 3. The van der Waals surface area contributed by atoms with Crippen LogP contribution in [0.3, 0.4) is 0 Å². The summed E-state index contributed by atoms with van der Waals surface area (Å²) in [6.07, 6.45) is 5.36. The molecule has 2 aromatic carbocycles. The van der Waals surface area contributed by atoms with E-state index in [0.717, 1.165) is 49.5 Å². The zero-order chi connectivity index (χ0) is 19.7. The van der Waals surface area contributed by atoms with Crippen molar-refractivity contribution in [1.29, 1.82) is 0 Å². The van der Waals surface area contributed by atoms with Crippen LogP contribution in [0.15, 0.2) is 42.5 Å². The lowest BCUT2D eigenvalue weighted by Crippen LogP contribution is -2.41. The third kappa shape index (κ3) is 3.90. The highest BCUT2D eigenvalue weighted by Crippen LogP contribution is 2.46. The summed E-state index contributed by atoms with van der Waals surface area (Å²) in [7, 11) is 2.15. The molecule has 4 rings (SSSR count). The van der Waals surface area contributed by atoms with Crippen LogP contribution in [0.2, 0.25) is 10.0 Å². The second kappa shape index (κ2) is 7.78. The fourth-order valence-electron chi connectivity index (χ4n) is 3.87. The molecule has 0 unspecified atom stereocenters. The van der Waals surface area contributed by atoms with E-state index in [1.807, 2.05) is 18.2 Å². The minimum Gasteiger partial charge on any atom is -0.492 e. The summed E-state index contributed by atoms with van der Waals surface area (Å²) >= 11 is 11.9. The smallest absolute Gasteiger partial charge is 0.248 e. The predicted molar refractivity (Wildman–Crippen MR) is 114 cm³/mol. The molecule has 1 saturated heterocycles. The lowest BCUT2D eigenvalue weighted by atomic mass is 9.74. The van der Waals surface area contributed by atoms with Crippen molar-refractivity contribution in [3.8, 4) is 5.75 Å². The minimum atomic E-state index is -0.192. The standard InChI is InChI=1S/C22H22Cl2N2O2/c1-26-10-8-22(9-11-26)14-28-20-6-4-16(13-17(20)22)25-21(27)7-3-15-2-5-18(23)19(24)12-15/h2-7,12-13H,8-11,14H2,1H3,(H,25,27). The molecule has 2 aromatic rings. The molecule has 0 bridgehead atoms. The van der Waals surface area contributed by atoms with E-state index in [9.17, 15) is 4.79 Å². The lowest BCUT2D eigenvalue weighted by molar-refractivity contribution is -0.111. The van der Waals surface area contributed by atoms with Gasteiger partial charge in [0.05, 0.1) is 16.7 Å². The Balaban J connectivity index is 1.48. The first-order valence-corrected chi connectivity index (χ1v) is 10.1. The Morgan fingerprint density at radius 1 is 1.14 bits per heavy atom. The second-order valence-electron chi connectivity index (χ2n) is 7.58. The summed E-state index contributed by atoms with van der Waals surface area (Å²) in [6.45, 7) is 2.85. The number of carbonyl (C=O) groups is 1. The third-order valence-corrected chi connectivity index (χ3v) is 6.38. The van der Waals surface area contributed by atoms with Crippen LogP contribution in [-0.4, -0.2) is 37.6 Å². The van der Waals surface area contributed by atoms with E-state index in [-0.39, 0.29) is 11.3 Å². The van der Waals surface area contributed by atoms with Gasteiger partial charge in [-0.05, 0) is 75.0 Å². The molecule has 1 N–H and O–H groups in total. The third-order valence-electron chi connectivity index (χ3n) is 5.64. The number of likely N-dealkylation sites (tertiary alicyclic amines) is 1. The molecule has 0 radical (unpaired) electrons. The van der Waals surface area contributed by atoms with Crippen molar-refractivity contribution in [2.75, 3.05) is 32.1 Å². The molecule has 2 aliphatic heterocycles. The van der Waals surface area contributed by atoms with Crippen LogP contribution in [0, 0.1) is 0 Å². The van der Waals surface area contributed by atoms with Crippen LogP contribution in [0.4, 0.5) is 5.69 Å². The van der Waals surface area contributed by atoms with Gasteiger partial charge >= 0.3 is 0 Å². The zero-order valence-electron chi connectivity index (χ0n) is 15.7. The molecule has 2 heterocycles. The average molecular weight is 417 g/mol. The summed E-state index contributed by atoms with van der Waals surface area (Å²) in [5.41, 5.74) is 2.88. The van der Waals surface area contributed by atoms with Crippen LogP contribution in [0.25, 0.3) is 6.08 Å². The molecular weight excluding hydrogens is 395 g/mol. The molecule has 2 aliphatic rings. The van der Waals surface area contributed by atoms with E-state index in [0.29, 0.717) is 10.0 Å². The average Bonchev–Trinajstić information content (AvgIpc) is 3.03. The van der Waals surface area contributed by atoms with Crippen molar-refractivity contribution >= 4 is 40.9 Å². The summed E-state index contributed by atoms with van der Waals surface area (Å²) < 4.78 is 5.94. The van der Waals surface area contributed by atoms with E-state index < -0.39 is 0 Å². The van der Waals surface area contributed by atoms with Gasteiger partial charge in [0.25, 0.3) is 0 Å². The maximum absolute atomic E-state index is 12.4. The Bertz CT molecular complexity index is 934. The molecule has 28 heavy (non-hydrogen) atoms. The highest BCUT2D eigenvalue weighted by Gasteiger charge is 2.42. The van der Waals surface area contributed by atoms with Gasteiger partial charge in [-0.1, -0.05) is 29.3 Å². The SMILES string of the molecule is CN1CCC2(CC1)COc1ccc(NC(=O)C=Cc3ccc(Cl)c(Cl)c3)cc12. The Kier molecular flexibility index (Phi) is 5.37. The number of benzene rings is 2. The number of carbonyl (C=O) groups excluding carboxylic acids is 1. The summed E-state index contributed by atoms with van der Waals surface area (Å²) in [5.74, 6) is 0.747. The van der Waals surface area contributed by atoms with Crippen molar-refractivity contribution in [3.63, 3.8) is 0 Å². The number of nitrogens with one attached hydrogen (secondary N) is 1. The van der Waals surface area contributed by atoms with Gasteiger partial charge in [0.1, 0.15) is 5.75 Å². The molecule has 0 aliphatic carbocycles. The fourth-order valence-corrected chi connectivity index (χ4v) is 4.18. The Labute approximate surface area is 175 Å². The normalized spacial score (nSPS) is 18.2. The first-order valence-electron chi connectivity index (χ1n) is 9.35. The second-order valence-corrected chi connectivity index (χ2v) is 8.39. The van der Waals surface area contributed by atoms with Gasteiger partial charge in [0, 0.05) is 22.7 Å². The zero-order valence-corrected chi connectivity index (χ0v) is 17.2. The first-order chi connectivity index (χ1) is 13.4. The topological polar surface area (TPSA) is 41.6 Å². The van der Waals surface area contributed by atoms with Crippen LogP contribution in [0.5, 0.6) is 5.75 Å². The van der Waals surface area contributed by atoms with Gasteiger partial charge in [-0.15, -0.1) is 0 Å². The van der Waals surface area contributed by atoms with Gasteiger partial charge < -0.3 is 15.0 Å². The Morgan fingerprint density at radius 2 is 1.93 bits per heavy atom. The summed E-state index contributed by atoms with van der Waals surface area (Å²) in [6, 6.07) is 11.2. The number of hydrogen-bond acceptors (Lipinski definition) is 3. The van der Waals surface area contributed by atoms with Crippen LogP contribution >= 0.6 is 23.2 Å². The Morgan fingerprint density at radius 3 is 2.68 bits per heavy atom. The highest BCUT2D eigenvalue weighted by atomic mass is 35.5. The van der Waals surface area contributed by atoms with Crippen LogP contribution in [0.1, 0.15) is 24.0 Å². The molecule has 1 amide bonds. The number of amides is 1. The number of piperidine rings is 1. The van der Waals surface area contributed by atoms with E-state index in [1.54, 1.807) is 18.2 Å². The quantitative estimate of drug-likeness (QED) is 0.715. The van der Waals surface area contributed by atoms with Crippen molar-refractivity contribution in [1.82, 2.24) is 4.90 Å². The maximum Gasteiger partial charge on any atom is 0.248 e. The monoisotopic (exact) mass is 416 g/mol. The first kappa shape index (κ1) is 19.3. The van der Waals surface area contributed by atoms with E-state index in [4.69, 9.17) is 27.9 Å². The molecule has 146 valence electrons. The number of ether oxygens (including phenoxy) is 1. The highest BCUT2D eigenvalue weighted by molar-refractivity contribution is 6.42. The van der Waals surface area contributed by atoms with E-state index in [2.05, 4.69) is 23.3 Å². The Hall–Kier alpha value is -2.01. The van der Waals surface area contributed by atoms with Gasteiger partial charge in [0.15, 0.2) is 0 Å². The number of nitrogens with zero attached hydrogens (tertiary/aromatic N) is 1. The van der Waals surface area contributed by atoms with Crippen molar-refractivity contribution in [2.24, 2.45) is 0 Å². The number of anilines is 1. The van der Waals surface area contributed by atoms with Gasteiger partial charge in [-0.2, -0.15) is 0 Å². The predicted octanol–water partition coefficient (Wildman–Crippen LogP) is 5.00. The number of hydrogen-bond donors (Lipinski definition) is 1. The molecule has 1 spiro atoms. The van der Waals surface area contributed by atoms with Crippen molar-refractivity contribution < 1.29 is 9.53 Å². The molecule has 0 aromatic heterocycles. The molecule has 4 nitrogen and oxygen atoms in total. The van der Waals surface area contributed by atoms with Crippen molar-refractivity contribution in [2.45, 2.75) is 18.3 Å². The molecule has 0 atom stereocenters. The lowest BCUT2D eigenvalue weighted by Gasteiger charge is -2.36.